The minimum absolute atomic E-state index is 0.0558. The highest BCUT2D eigenvalue weighted by Crippen LogP contribution is 2.35. The number of hydroxylamine groups is 1. The Labute approximate surface area is 235 Å². The second-order valence-corrected chi connectivity index (χ2v) is 9.40. The Balaban J connectivity index is 1.53. The number of benzene rings is 2. The first-order valence-corrected chi connectivity index (χ1v) is 12.7. The number of halogens is 6. The maximum absolute atomic E-state index is 13.9. The highest BCUT2D eigenvalue weighted by atomic mass is 35.5. The highest BCUT2D eigenvalue weighted by molar-refractivity contribution is 6.36. The van der Waals surface area contributed by atoms with Gasteiger partial charge in [-0.05, 0) is 31.2 Å². The number of urea groups is 1. The summed E-state index contributed by atoms with van der Waals surface area (Å²) in [4.78, 5) is 37.4. The zero-order chi connectivity index (χ0) is 29.0. The molecule has 1 aromatic heterocycles. The Morgan fingerprint density at radius 1 is 1.23 bits per heavy atom. The topological polar surface area (TPSA) is 109 Å². The number of fused-ring (bicyclic) bond motifs is 1. The van der Waals surface area contributed by atoms with E-state index in [-0.39, 0.29) is 44.0 Å². The van der Waals surface area contributed by atoms with Crippen LogP contribution in [0.5, 0.6) is 5.75 Å². The van der Waals surface area contributed by atoms with E-state index >= 15 is 0 Å². The average molecular weight is 608 g/mol. The zero-order valence-electron chi connectivity index (χ0n) is 20.9. The van der Waals surface area contributed by atoms with E-state index in [1.165, 1.54) is 24.3 Å². The van der Waals surface area contributed by atoms with Crippen molar-refractivity contribution in [3.8, 4) is 5.75 Å². The summed E-state index contributed by atoms with van der Waals surface area (Å²) >= 11 is 12.2. The molecule has 0 aliphatic carbocycles. The molecule has 3 aromatic rings. The zero-order valence-corrected chi connectivity index (χ0v) is 22.4. The van der Waals surface area contributed by atoms with Gasteiger partial charge in [-0.3, -0.25) is 4.90 Å². The molecule has 2 N–H and O–H groups in total. The van der Waals surface area contributed by atoms with E-state index in [0.717, 1.165) is 6.07 Å². The van der Waals surface area contributed by atoms with Gasteiger partial charge in [0, 0.05) is 42.8 Å². The van der Waals surface area contributed by atoms with E-state index in [9.17, 15) is 27.2 Å². The number of rotatable bonds is 7. The van der Waals surface area contributed by atoms with Crippen molar-refractivity contribution in [3.05, 3.63) is 51.8 Å². The number of amides is 2. The van der Waals surface area contributed by atoms with Crippen LogP contribution in [0.2, 0.25) is 10.0 Å². The summed E-state index contributed by atoms with van der Waals surface area (Å²) in [5.41, 5.74) is 0.657. The van der Waals surface area contributed by atoms with Crippen LogP contribution in [0.1, 0.15) is 18.6 Å². The molecular weight excluding hydrogens is 585 g/mol. The van der Waals surface area contributed by atoms with Gasteiger partial charge in [0.2, 0.25) is 5.95 Å². The van der Waals surface area contributed by atoms with Crippen molar-refractivity contribution in [3.63, 3.8) is 0 Å². The molecule has 0 bridgehead atoms. The monoisotopic (exact) mass is 607 g/mol. The van der Waals surface area contributed by atoms with Gasteiger partial charge in [-0.15, -0.1) is 0 Å². The Bertz CT molecular complexity index is 1380. The van der Waals surface area contributed by atoms with Crippen molar-refractivity contribution in [2.75, 3.05) is 44.5 Å². The van der Waals surface area contributed by atoms with Crippen LogP contribution < -0.4 is 15.1 Å². The first kappa shape index (κ1) is 29.6. The molecule has 16 heteroatoms. The van der Waals surface area contributed by atoms with Crippen molar-refractivity contribution < 1.29 is 41.5 Å². The smallest absolute Gasteiger partial charge is 0.486 e. The minimum Gasteiger partial charge on any atom is -0.486 e. The molecule has 0 saturated carbocycles. The van der Waals surface area contributed by atoms with E-state index in [2.05, 4.69) is 20.1 Å². The largest absolute Gasteiger partial charge is 0.493 e. The van der Waals surface area contributed by atoms with Gasteiger partial charge in [-0.1, -0.05) is 28.3 Å². The van der Waals surface area contributed by atoms with E-state index in [1.54, 1.807) is 6.92 Å². The van der Waals surface area contributed by atoms with Gasteiger partial charge in [0.1, 0.15) is 17.7 Å². The summed E-state index contributed by atoms with van der Waals surface area (Å²) in [7, 11) is 0. The van der Waals surface area contributed by atoms with E-state index < -0.39 is 36.0 Å². The van der Waals surface area contributed by atoms with E-state index in [1.807, 2.05) is 4.90 Å². The van der Waals surface area contributed by atoms with Crippen LogP contribution in [-0.2, 0) is 14.4 Å². The number of aromatic amines is 1. The second-order valence-electron chi connectivity index (χ2n) is 8.61. The van der Waals surface area contributed by atoms with E-state index in [4.69, 9.17) is 32.7 Å². The van der Waals surface area contributed by atoms with Gasteiger partial charge >= 0.3 is 18.2 Å². The number of aromatic nitrogens is 2. The average Bonchev–Trinajstić information content (AvgIpc) is 3.32. The molecule has 2 amide bonds. The number of carbonyl (C=O) groups excluding carboxylic acids is 2. The number of carbonyl (C=O) groups is 2. The molecule has 1 unspecified atom stereocenters. The number of nitrogens with zero attached hydrogens (tertiary/aromatic N) is 3. The molecule has 1 aliphatic heterocycles. The molecule has 2 heterocycles. The molecule has 1 fully saturated rings. The van der Waals surface area contributed by atoms with Gasteiger partial charge in [0.05, 0.1) is 29.3 Å². The maximum Gasteiger partial charge on any atom is 0.493 e. The molecule has 1 atom stereocenters. The summed E-state index contributed by atoms with van der Waals surface area (Å²) in [5, 5.41) is 2.51. The number of alkyl halides is 3. The standard InChI is InChI=1S/C24H23Cl2F4N5O5/c1-13(19-15(25)3-4-16(27)20(19)26)39-14-2-5-17-18(12-14)33-22(32-17)35(40-21(36)24(28,29)30)23(37)31-6-7-34-8-10-38-11-9-34/h2-5,12-13H,6-11H2,1H3,(H,31,37)(H,32,33). The van der Waals surface area contributed by atoms with Crippen LogP contribution >= 0.6 is 23.2 Å². The summed E-state index contributed by atoms with van der Waals surface area (Å²) in [6.07, 6.45) is -6.16. The molecule has 2 aromatic carbocycles. The third-order valence-electron chi connectivity index (χ3n) is 5.83. The van der Waals surface area contributed by atoms with E-state index in [0.29, 0.717) is 32.8 Å². The summed E-state index contributed by atoms with van der Waals surface area (Å²) in [6.45, 7) is 4.35. The molecule has 4 rings (SSSR count). The quantitative estimate of drug-likeness (QED) is 0.220. The van der Waals surface area contributed by atoms with Crippen LogP contribution in [0.25, 0.3) is 11.0 Å². The molecule has 10 nitrogen and oxygen atoms in total. The van der Waals surface area contributed by atoms with Gasteiger partial charge in [0.25, 0.3) is 0 Å². The summed E-state index contributed by atoms with van der Waals surface area (Å²) in [5.74, 6) is -3.54. The molecule has 40 heavy (non-hydrogen) atoms. The van der Waals surface area contributed by atoms with Crippen molar-refractivity contribution >= 4 is 52.2 Å². The van der Waals surface area contributed by atoms with Crippen LogP contribution in [0, 0.1) is 5.82 Å². The minimum atomic E-state index is -5.37. The van der Waals surface area contributed by atoms with Gasteiger partial charge in [0.15, 0.2) is 0 Å². The van der Waals surface area contributed by atoms with Crippen LogP contribution in [0.15, 0.2) is 30.3 Å². The normalized spacial score (nSPS) is 15.1. The number of hydrogen-bond donors (Lipinski definition) is 2. The third kappa shape index (κ3) is 7.05. The lowest BCUT2D eigenvalue weighted by Crippen LogP contribution is -2.47. The predicted molar refractivity (Wildman–Crippen MR) is 137 cm³/mol. The highest BCUT2D eigenvalue weighted by Gasteiger charge is 2.44. The molecule has 0 radical (unpaired) electrons. The van der Waals surface area contributed by atoms with Gasteiger partial charge < -0.3 is 24.6 Å². The molecular formula is C24H23Cl2F4N5O5. The number of nitrogens with one attached hydrogen (secondary N) is 2. The first-order valence-electron chi connectivity index (χ1n) is 11.9. The fraction of sp³-hybridized carbons (Fsp3) is 0.375. The fourth-order valence-electron chi connectivity index (χ4n) is 3.86. The summed E-state index contributed by atoms with van der Waals surface area (Å²) < 4.78 is 63.8. The number of ether oxygens (including phenoxy) is 2. The first-order chi connectivity index (χ1) is 18.9. The van der Waals surface area contributed by atoms with Crippen molar-refractivity contribution in [2.24, 2.45) is 0 Å². The number of hydrogen-bond acceptors (Lipinski definition) is 7. The third-order valence-corrected chi connectivity index (χ3v) is 6.54. The molecule has 216 valence electrons. The Morgan fingerprint density at radius 3 is 2.65 bits per heavy atom. The summed E-state index contributed by atoms with van der Waals surface area (Å²) in [6, 6.07) is 5.68. The molecule has 1 aliphatic rings. The number of imidazole rings is 1. The Hall–Kier alpha value is -3.33. The number of anilines is 1. The van der Waals surface area contributed by atoms with Crippen LogP contribution in [-0.4, -0.2) is 72.4 Å². The van der Waals surface area contributed by atoms with Crippen molar-refractivity contribution in [2.45, 2.75) is 19.2 Å². The lowest BCUT2D eigenvalue weighted by atomic mass is 10.1. The molecule has 0 spiro atoms. The lowest BCUT2D eigenvalue weighted by molar-refractivity contribution is -0.200. The van der Waals surface area contributed by atoms with Crippen molar-refractivity contribution in [1.82, 2.24) is 20.2 Å². The number of H-pyrrole nitrogens is 1. The number of morpholine rings is 1. The van der Waals surface area contributed by atoms with Crippen LogP contribution in [0.3, 0.4) is 0 Å². The lowest BCUT2D eigenvalue weighted by Gasteiger charge is -2.27. The fourth-order valence-corrected chi connectivity index (χ4v) is 4.53. The maximum atomic E-state index is 13.9. The van der Waals surface area contributed by atoms with Gasteiger partial charge in [-0.25, -0.2) is 19.0 Å². The SMILES string of the molecule is CC(Oc1ccc2nc(N(OC(=O)C(F)(F)F)C(=O)NCCN3CCOCC3)[nH]c2c1)c1c(Cl)ccc(F)c1Cl. The Kier molecular flexibility index (Phi) is 9.23. The van der Waals surface area contributed by atoms with Crippen LogP contribution in [0.4, 0.5) is 28.3 Å². The second kappa shape index (κ2) is 12.5. The van der Waals surface area contributed by atoms with Crippen molar-refractivity contribution in [1.29, 1.82) is 0 Å². The molecule has 1 saturated heterocycles. The predicted octanol–water partition coefficient (Wildman–Crippen LogP) is 5.02. The Morgan fingerprint density at radius 2 is 1.95 bits per heavy atom. The van der Waals surface area contributed by atoms with Gasteiger partial charge in [-0.2, -0.15) is 13.2 Å².